The lowest BCUT2D eigenvalue weighted by Gasteiger charge is -2.06. The molecule has 21 heavy (non-hydrogen) atoms. The summed E-state index contributed by atoms with van der Waals surface area (Å²) in [7, 11) is 0.675. The van der Waals surface area contributed by atoms with E-state index < -0.39 is 37.5 Å². The molecule has 0 radical (unpaired) electrons. The normalized spacial score (nSPS) is 12.6. The van der Waals surface area contributed by atoms with Crippen LogP contribution < -0.4 is 0 Å². The van der Waals surface area contributed by atoms with Crippen molar-refractivity contribution >= 4 is 25.6 Å². The van der Waals surface area contributed by atoms with E-state index in [0.717, 1.165) is 10.9 Å². The molecule has 0 aliphatic rings. The summed E-state index contributed by atoms with van der Waals surface area (Å²) < 4.78 is 62.8. The average molecular weight is 352 g/mol. The number of ether oxygens (including phenoxy) is 1. The molecule has 0 atom stereocenters. The Bertz CT molecular complexity index is 615. The fourth-order valence-corrected chi connectivity index (χ4v) is 2.23. The van der Waals surface area contributed by atoms with Gasteiger partial charge in [-0.2, -0.15) is 17.9 Å². The van der Waals surface area contributed by atoms with Crippen molar-refractivity contribution in [2.45, 2.75) is 24.0 Å². The first-order chi connectivity index (χ1) is 9.50. The van der Waals surface area contributed by atoms with E-state index in [1.807, 2.05) is 0 Å². The lowest BCUT2D eigenvalue weighted by molar-refractivity contribution is -0.392. The molecule has 1 heterocycles. The molecule has 0 unspecified atom stereocenters. The molecular weight excluding hydrogens is 343 g/mol. The Labute approximate surface area is 121 Å². The molecule has 0 spiro atoms. The minimum atomic E-state index is -4.44. The summed E-state index contributed by atoms with van der Waals surface area (Å²) >= 11 is 0. The van der Waals surface area contributed by atoms with Crippen LogP contribution in [-0.4, -0.2) is 42.5 Å². The number of alkyl halides is 3. The smallest absolute Gasteiger partial charge is 0.372 e. The van der Waals surface area contributed by atoms with Gasteiger partial charge in [0.25, 0.3) is 9.05 Å². The van der Waals surface area contributed by atoms with Crippen molar-refractivity contribution in [3.8, 4) is 0 Å². The summed E-state index contributed by atoms with van der Waals surface area (Å²) in [5.41, 5.74) is 0. The van der Waals surface area contributed by atoms with Gasteiger partial charge in [-0.3, -0.25) is 0 Å². The molecule has 1 rings (SSSR count). The van der Waals surface area contributed by atoms with Crippen LogP contribution in [0.25, 0.3) is 0 Å². The Hall–Kier alpha value is -1.40. The second kappa shape index (κ2) is 6.58. The highest BCUT2D eigenvalue weighted by atomic mass is 35.7. The molecular formula is C8H9ClF3N3O5S. The van der Waals surface area contributed by atoms with Crippen LogP contribution in [0, 0.1) is 10.1 Å². The van der Waals surface area contributed by atoms with Gasteiger partial charge < -0.3 is 14.9 Å². The lowest BCUT2D eigenvalue weighted by atomic mass is 10.4. The lowest BCUT2D eigenvalue weighted by Crippen LogP contribution is -2.17. The van der Waals surface area contributed by atoms with Gasteiger partial charge in [-0.05, 0) is 11.3 Å². The maximum absolute atomic E-state index is 11.8. The maximum Gasteiger partial charge on any atom is 0.411 e. The topological polar surface area (TPSA) is 104 Å². The summed E-state index contributed by atoms with van der Waals surface area (Å²) in [5, 5.41) is 14.0. The summed E-state index contributed by atoms with van der Waals surface area (Å²) in [6, 6.07) is 0. The largest absolute Gasteiger partial charge is 0.411 e. The van der Waals surface area contributed by atoms with Crippen molar-refractivity contribution < 1.29 is 31.2 Å². The van der Waals surface area contributed by atoms with Crippen LogP contribution in [0.3, 0.4) is 0 Å². The average Bonchev–Trinajstić information content (AvgIpc) is 2.71. The van der Waals surface area contributed by atoms with Gasteiger partial charge in [0.1, 0.15) is 6.61 Å². The minimum absolute atomic E-state index is 0.0523. The predicted molar refractivity (Wildman–Crippen MR) is 63.4 cm³/mol. The Morgan fingerprint density at radius 3 is 2.52 bits per heavy atom. The molecule has 0 aliphatic heterocycles. The van der Waals surface area contributed by atoms with Gasteiger partial charge in [0.05, 0.1) is 17.8 Å². The summed E-state index contributed by atoms with van der Waals surface area (Å²) in [4.78, 5) is 8.83. The number of hydrogen-bond acceptors (Lipinski definition) is 6. The quantitative estimate of drug-likeness (QED) is 0.320. The van der Waals surface area contributed by atoms with Crippen LogP contribution in [-0.2, 0) is 20.3 Å². The molecule has 1 aromatic rings. The van der Waals surface area contributed by atoms with E-state index in [2.05, 4.69) is 9.84 Å². The zero-order valence-corrected chi connectivity index (χ0v) is 11.8. The highest BCUT2D eigenvalue weighted by Gasteiger charge is 2.30. The van der Waals surface area contributed by atoms with Crippen molar-refractivity contribution in [3.05, 3.63) is 16.3 Å². The van der Waals surface area contributed by atoms with E-state index in [1.165, 1.54) is 0 Å². The fraction of sp³-hybridized carbons (Fsp3) is 0.625. The van der Waals surface area contributed by atoms with Crippen LogP contribution in [0.4, 0.5) is 19.0 Å². The van der Waals surface area contributed by atoms with E-state index in [4.69, 9.17) is 10.7 Å². The van der Waals surface area contributed by atoms with E-state index >= 15 is 0 Å². The van der Waals surface area contributed by atoms with E-state index in [0.29, 0.717) is 0 Å². The number of halogens is 4. The Balaban J connectivity index is 2.63. The highest BCUT2D eigenvalue weighted by molar-refractivity contribution is 8.13. The Kier molecular flexibility index (Phi) is 5.53. The molecule has 0 N–H and O–H groups in total. The molecule has 0 fully saturated rings. The SMILES string of the molecule is O=[N+]([O-])c1nn(CCCOCC(F)(F)F)cc1S(=O)(=O)Cl. The van der Waals surface area contributed by atoms with Gasteiger partial charge >= 0.3 is 12.0 Å². The van der Waals surface area contributed by atoms with Crippen LogP contribution in [0.2, 0.25) is 0 Å². The summed E-state index contributed by atoms with van der Waals surface area (Å²) in [6.45, 7) is -1.74. The van der Waals surface area contributed by atoms with Crippen molar-refractivity contribution in [2.24, 2.45) is 0 Å². The summed E-state index contributed by atoms with van der Waals surface area (Å²) in [5.74, 6) is -0.943. The molecule has 0 aliphatic carbocycles. The van der Waals surface area contributed by atoms with Gasteiger partial charge in [-0.1, -0.05) is 0 Å². The van der Waals surface area contributed by atoms with Crippen LogP contribution >= 0.6 is 10.7 Å². The Morgan fingerprint density at radius 1 is 1.48 bits per heavy atom. The van der Waals surface area contributed by atoms with Gasteiger partial charge in [-0.15, -0.1) is 0 Å². The zero-order valence-electron chi connectivity index (χ0n) is 10.2. The second-order valence-corrected chi connectivity index (χ2v) is 6.33. The van der Waals surface area contributed by atoms with E-state index in [9.17, 15) is 31.7 Å². The number of nitro groups is 1. The van der Waals surface area contributed by atoms with Crippen molar-refractivity contribution in [3.63, 3.8) is 0 Å². The molecule has 0 amide bonds. The fourth-order valence-electron chi connectivity index (χ4n) is 1.32. The van der Waals surface area contributed by atoms with Crippen LogP contribution in [0.5, 0.6) is 0 Å². The number of hydrogen-bond donors (Lipinski definition) is 0. The first kappa shape index (κ1) is 17.7. The van der Waals surface area contributed by atoms with Crippen molar-refractivity contribution in [1.29, 1.82) is 0 Å². The molecule has 13 heteroatoms. The monoisotopic (exact) mass is 351 g/mol. The standard InChI is InChI=1S/C8H9ClF3N3O5S/c9-21(18,19)6-4-14(13-7(6)15(16)17)2-1-3-20-5-8(10,11)12/h4H,1-3,5H2. The number of rotatable bonds is 7. The number of nitrogens with zero attached hydrogens (tertiary/aromatic N) is 3. The van der Waals surface area contributed by atoms with Gasteiger partial charge in [0.2, 0.25) is 4.90 Å². The zero-order chi connectivity index (χ0) is 16.3. The van der Waals surface area contributed by atoms with E-state index in [1.54, 1.807) is 0 Å². The van der Waals surface area contributed by atoms with E-state index in [-0.39, 0.29) is 19.6 Å². The third kappa shape index (κ3) is 5.85. The highest BCUT2D eigenvalue weighted by Crippen LogP contribution is 2.25. The second-order valence-electron chi connectivity index (χ2n) is 3.80. The van der Waals surface area contributed by atoms with Gasteiger partial charge in [-0.25, -0.2) is 8.42 Å². The molecule has 0 saturated heterocycles. The molecule has 0 aromatic carbocycles. The molecule has 120 valence electrons. The first-order valence-corrected chi connectivity index (χ1v) is 7.62. The van der Waals surface area contributed by atoms with Crippen molar-refractivity contribution in [1.82, 2.24) is 9.78 Å². The first-order valence-electron chi connectivity index (χ1n) is 5.32. The minimum Gasteiger partial charge on any atom is -0.372 e. The van der Waals surface area contributed by atoms with Crippen LogP contribution in [0.15, 0.2) is 11.1 Å². The molecule has 0 saturated carbocycles. The third-order valence-electron chi connectivity index (χ3n) is 2.09. The van der Waals surface area contributed by atoms with Crippen molar-refractivity contribution in [2.75, 3.05) is 13.2 Å². The molecule has 1 aromatic heterocycles. The Morgan fingerprint density at radius 2 is 2.10 bits per heavy atom. The third-order valence-corrected chi connectivity index (χ3v) is 3.40. The predicted octanol–water partition coefficient (Wildman–Crippen LogP) is 1.69. The maximum atomic E-state index is 11.8. The van der Waals surface area contributed by atoms with Gasteiger partial charge in [0.15, 0.2) is 0 Å². The van der Waals surface area contributed by atoms with Gasteiger partial charge in [0, 0.05) is 17.3 Å². The molecule has 0 bridgehead atoms. The molecule has 8 nitrogen and oxygen atoms in total. The summed E-state index contributed by atoms with van der Waals surface area (Å²) in [6.07, 6.45) is -3.55. The number of aryl methyl sites for hydroxylation is 1. The van der Waals surface area contributed by atoms with Crippen LogP contribution in [0.1, 0.15) is 6.42 Å². The number of aromatic nitrogens is 2.